The van der Waals surface area contributed by atoms with E-state index in [1.165, 1.54) is 30.7 Å². The molecule has 1 aliphatic heterocycles. The number of piperidine rings is 1. The minimum absolute atomic E-state index is 0.265. The topological polar surface area (TPSA) is 183 Å². The summed E-state index contributed by atoms with van der Waals surface area (Å²) in [6, 6.07) is -1.93. The lowest BCUT2D eigenvalue weighted by Crippen LogP contribution is -2.63. The number of hydrogen-bond donors (Lipinski definition) is 3. The van der Waals surface area contributed by atoms with Crippen LogP contribution < -0.4 is 10.6 Å². The molecule has 0 radical (unpaired) electrons. The van der Waals surface area contributed by atoms with E-state index in [0.29, 0.717) is 38.8 Å². The lowest BCUT2D eigenvalue weighted by atomic mass is 9.92. The Bertz CT molecular complexity index is 1240. The van der Waals surface area contributed by atoms with Gasteiger partial charge >= 0.3 is 11.9 Å². The molecule has 0 aromatic rings. The Balaban J connectivity index is 0.000000606. The van der Waals surface area contributed by atoms with Crippen LogP contribution in [0.5, 0.6) is 0 Å². The van der Waals surface area contributed by atoms with Crippen molar-refractivity contribution in [3.63, 3.8) is 0 Å². The van der Waals surface area contributed by atoms with Gasteiger partial charge in [0.05, 0.1) is 6.42 Å². The quantitative estimate of drug-likeness (QED) is 0.272. The number of carboxylic acids is 1. The van der Waals surface area contributed by atoms with Crippen molar-refractivity contribution < 1.29 is 43.4 Å². The number of aliphatic carboxylic acids is 1. The summed E-state index contributed by atoms with van der Waals surface area (Å²) in [6.45, 7) is 12.8. The third-order valence-electron chi connectivity index (χ3n) is 9.73. The van der Waals surface area contributed by atoms with Gasteiger partial charge in [-0.05, 0) is 71.6 Å². The van der Waals surface area contributed by atoms with Gasteiger partial charge in [-0.1, -0.05) is 39.5 Å². The molecule has 3 rings (SSSR count). The molecule has 2 saturated carbocycles. The van der Waals surface area contributed by atoms with E-state index in [-0.39, 0.29) is 36.0 Å². The predicted octanol–water partition coefficient (Wildman–Crippen LogP) is 3.01. The Kier molecular flexibility index (Phi) is 15.3. The molecule has 2 atom stereocenters. The third-order valence-corrected chi connectivity index (χ3v) is 9.73. The number of ether oxygens (including phenoxy) is 1. The molecule has 14 nitrogen and oxygen atoms in total. The number of amides is 5. The minimum Gasteiger partial charge on any atom is -0.480 e. The lowest BCUT2D eigenvalue weighted by molar-refractivity contribution is -0.162. The van der Waals surface area contributed by atoms with Crippen LogP contribution in [0.25, 0.3) is 0 Å². The second-order valence-electron chi connectivity index (χ2n) is 15.5. The highest BCUT2D eigenvalue weighted by molar-refractivity contribution is 5.97. The number of carbonyl (C=O) groups is 7. The van der Waals surface area contributed by atoms with Crippen LogP contribution in [0.15, 0.2) is 0 Å². The maximum atomic E-state index is 14.0. The molecule has 0 spiro atoms. The van der Waals surface area contributed by atoms with E-state index in [9.17, 15) is 33.6 Å². The van der Waals surface area contributed by atoms with E-state index >= 15 is 0 Å². The Labute approximate surface area is 297 Å². The van der Waals surface area contributed by atoms with Crippen LogP contribution in [-0.4, -0.2) is 117 Å². The molecule has 1 heterocycles. The molecule has 3 aliphatic rings. The Morgan fingerprint density at radius 2 is 1.22 bits per heavy atom. The molecule has 0 aromatic carbocycles. The van der Waals surface area contributed by atoms with Gasteiger partial charge in [-0.25, -0.2) is 4.79 Å². The molecule has 50 heavy (non-hydrogen) atoms. The molecule has 0 aromatic heterocycles. The van der Waals surface area contributed by atoms with Crippen LogP contribution in [0.1, 0.15) is 126 Å². The number of esters is 1. The molecule has 3 N–H and O–H groups in total. The van der Waals surface area contributed by atoms with Gasteiger partial charge in [0.1, 0.15) is 28.8 Å². The van der Waals surface area contributed by atoms with Crippen LogP contribution in [0.2, 0.25) is 0 Å². The van der Waals surface area contributed by atoms with E-state index < -0.39 is 46.6 Å². The van der Waals surface area contributed by atoms with Crippen LogP contribution in [0.4, 0.5) is 0 Å². The second-order valence-corrected chi connectivity index (χ2v) is 15.5. The number of nitrogens with zero attached hydrogens (tertiary/aromatic N) is 3. The lowest BCUT2D eigenvalue weighted by Gasteiger charge is -2.41. The average molecular weight is 708 g/mol. The van der Waals surface area contributed by atoms with E-state index in [1.54, 1.807) is 32.7 Å². The summed E-state index contributed by atoms with van der Waals surface area (Å²) in [4.78, 5) is 92.1. The summed E-state index contributed by atoms with van der Waals surface area (Å²) in [6.07, 6.45) is 8.03. The zero-order chi connectivity index (χ0) is 38.0. The van der Waals surface area contributed by atoms with Crippen molar-refractivity contribution in [2.24, 2.45) is 5.92 Å². The third kappa shape index (κ3) is 11.4. The van der Waals surface area contributed by atoms with E-state index in [2.05, 4.69) is 10.6 Å². The zero-order valence-corrected chi connectivity index (χ0v) is 31.7. The van der Waals surface area contributed by atoms with Crippen LogP contribution >= 0.6 is 0 Å². The number of rotatable bonds is 11. The molecule has 0 unspecified atom stereocenters. The van der Waals surface area contributed by atoms with Gasteiger partial charge in [0.2, 0.25) is 29.5 Å². The van der Waals surface area contributed by atoms with Gasteiger partial charge in [-0.15, -0.1) is 0 Å². The number of carbonyl (C=O) groups excluding carboxylic acids is 6. The van der Waals surface area contributed by atoms with Gasteiger partial charge in [0.25, 0.3) is 0 Å². The Morgan fingerprint density at radius 1 is 0.760 bits per heavy atom. The zero-order valence-electron chi connectivity index (χ0n) is 31.7. The Hall–Kier alpha value is -3.71. The molecule has 1 saturated heterocycles. The summed E-state index contributed by atoms with van der Waals surface area (Å²) < 4.78 is 5.49. The van der Waals surface area contributed by atoms with Crippen molar-refractivity contribution in [2.45, 2.75) is 154 Å². The van der Waals surface area contributed by atoms with Crippen molar-refractivity contribution >= 4 is 41.5 Å². The van der Waals surface area contributed by atoms with Crippen molar-refractivity contribution in [2.75, 3.05) is 27.2 Å². The number of hydrogen-bond acceptors (Lipinski definition) is 8. The molecule has 284 valence electrons. The number of carboxylic acid groups (broad SMARTS) is 1. The van der Waals surface area contributed by atoms with E-state index in [1.807, 2.05) is 13.8 Å². The SMILES string of the molecule is CC(=O)NC1(C(=O)N(C)[C@H](C(=O)N(C)[C@@H](CC(=O)OC(C)(C)C)C(=O)N2CCCCC2)C(C)C)CCCC1.CC(=O)NC1(C(=O)O)CCCC1. The van der Waals surface area contributed by atoms with Crippen molar-refractivity contribution in [3.05, 3.63) is 0 Å². The normalized spacial score (nSPS) is 19.3. The molecule has 2 aliphatic carbocycles. The highest BCUT2D eigenvalue weighted by Crippen LogP contribution is 2.33. The number of likely N-dealkylation sites (N-methyl/N-ethyl adjacent to an activating group) is 2. The van der Waals surface area contributed by atoms with E-state index in [4.69, 9.17) is 9.84 Å². The summed E-state index contributed by atoms with van der Waals surface area (Å²) in [5, 5.41) is 14.3. The van der Waals surface area contributed by atoms with Gasteiger partial charge in [0.15, 0.2) is 0 Å². The molecular weight excluding hydrogens is 646 g/mol. The molecule has 0 bridgehead atoms. The van der Waals surface area contributed by atoms with Crippen LogP contribution in [0.3, 0.4) is 0 Å². The largest absolute Gasteiger partial charge is 0.480 e. The smallest absolute Gasteiger partial charge is 0.329 e. The molecule has 5 amide bonds. The van der Waals surface area contributed by atoms with Gasteiger partial charge in [-0.3, -0.25) is 28.8 Å². The minimum atomic E-state index is -1.05. The number of likely N-dealkylation sites (tertiary alicyclic amines) is 1. The standard InChI is InChI=1S/C28H48N4O6.C8H13NO3/c1-19(2)23(31(8)26(37)28(29-20(3)33)14-10-11-15-28)25(36)30(7)21(18-22(34)38-27(4,5)6)24(35)32-16-12-9-13-17-32;1-6(10)9-8(7(11)12)4-2-3-5-8/h19,21,23H,9-18H2,1-8H3,(H,29,33);2-5H2,1H3,(H,9,10)(H,11,12)/t21-,23-;/m0./s1. The van der Waals surface area contributed by atoms with Crippen molar-refractivity contribution in [3.8, 4) is 0 Å². The summed E-state index contributed by atoms with van der Waals surface area (Å²) in [7, 11) is 3.10. The van der Waals surface area contributed by atoms with E-state index in [0.717, 1.165) is 44.9 Å². The highest BCUT2D eigenvalue weighted by atomic mass is 16.6. The molecule has 14 heteroatoms. The first kappa shape index (κ1) is 42.5. The second kappa shape index (κ2) is 18.0. The molecular formula is C36H61N5O9. The fourth-order valence-electron chi connectivity index (χ4n) is 7.40. The monoisotopic (exact) mass is 707 g/mol. The summed E-state index contributed by atoms with van der Waals surface area (Å²) in [5.74, 6) is -3.32. The van der Waals surface area contributed by atoms with Crippen LogP contribution in [-0.2, 0) is 38.3 Å². The maximum Gasteiger partial charge on any atom is 0.329 e. The first-order valence-corrected chi connectivity index (χ1v) is 18.0. The van der Waals surface area contributed by atoms with Crippen LogP contribution in [0, 0.1) is 5.92 Å². The Morgan fingerprint density at radius 3 is 1.64 bits per heavy atom. The fourth-order valence-corrected chi connectivity index (χ4v) is 7.40. The average Bonchev–Trinajstić information content (AvgIpc) is 3.69. The first-order valence-electron chi connectivity index (χ1n) is 18.0. The number of nitrogens with one attached hydrogen (secondary N) is 2. The van der Waals surface area contributed by atoms with Crippen molar-refractivity contribution in [1.29, 1.82) is 0 Å². The highest BCUT2D eigenvalue weighted by Gasteiger charge is 2.48. The van der Waals surface area contributed by atoms with Gasteiger partial charge in [0, 0.05) is 41.0 Å². The summed E-state index contributed by atoms with van der Waals surface area (Å²) >= 11 is 0. The van der Waals surface area contributed by atoms with Gasteiger partial charge in [-0.2, -0.15) is 0 Å². The van der Waals surface area contributed by atoms with Gasteiger partial charge < -0.3 is 35.2 Å². The molecule has 3 fully saturated rings. The van der Waals surface area contributed by atoms with Crippen molar-refractivity contribution in [1.82, 2.24) is 25.3 Å². The summed E-state index contributed by atoms with van der Waals surface area (Å²) in [5.41, 5.74) is -2.73. The fraction of sp³-hybridized carbons (Fsp3) is 0.806. The first-order chi connectivity index (χ1) is 23.2. The maximum absolute atomic E-state index is 14.0. The predicted molar refractivity (Wildman–Crippen MR) is 187 cm³/mol.